The predicted molar refractivity (Wildman–Crippen MR) is 80.4 cm³/mol. The summed E-state index contributed by atoms with van der Waals surface area (Å²) >= 11 is 0. The van der Waals surface area contributed by atoms with Gasteiger partial charge in [0.1, 0.15) is 5.82 Å². The monoisotopic (exact) mass is 270 g/mol. The number of nitrogens with zero attached hydrogens (tertiary/aromatic N) is 1. The fourth-order valence-electron chi connectivity index (χ4n) is 3.17. The lowest BCUT2D eigenvalue weighted by Crippen LogP contribution is -2.53. The van der Waals surface area contributed by atoms with Crippen molar-refractivity contribution in [3.05, 3.63) is 65.5 Å². The fraction of sp³-hybridized carbons (Fsp3) is 0.294. The van der Waals surface area contributed by atoms with Gasteiger partial charge in [0.15, 0.2) is 0 Å². The van der Waals surface area contributed by atoms with Gasteiger partial charge in [-0.3, -0.25) is 0 Å². The van der Waals surface area contributed by atoms with Crippen LogP contribution >= 0.6 is 0 Å². The predicted octanol–water partition coefficient (Wildman–Crippen LogP) is 2.76. The molecular formula is C17H19FN2. The van der Waals surface area contributed by atoms with Crippen molar-refractivity contribution in [1.82, 2.24) is 0 Å². The molecule has 0 atom stereocenters. The minimum Gasteiger partial charge on any atom is -0.365 e. The molecule has 1 aliphatic carbocycles. The van der Waals surface area contributed by atoms with Crippen LogP contribution in [0.5, 0.6) is 0 Å². The Balaban J connectivity index is 1.98. The topological polar surface area (TPSA) is 29.3 Å². The summed E-state index contributed by atoms with van der Waals surface area (Å²) in [7, 11) is 1.94. The van der Waals surface area contributed by atoms with Crippen molar-refractivity contribution in [2.75, 3.05) is 18.5 Å². The van der Waals surface area contributed by atoms with Crippen LogP contribution < -0.4 is 10.6 Å². The van der Waals surface area contributed by atoms with Gasteiger partial charge in [-0.15, -0.1) is 0 Å². The molecule has 0 aromatic heterocycles. The molecular weight excluding hydrogens is 251 g/mol. The summed E-state index contributed by atoms with van der Waals surface area (Å²) < 4.78 is 14.0. The first-order valence-corrected chi connectivity index (χ1v) is 6.91. The number of para-hydroxylation sites is 1. The molecule has 0 radical (unpaired) electrons. The third kappa shape index (κ3) is 1.98. The fourth-order valence-corrected chi connectivity index (χ4v) is 3.17. The van der Waals surface area contributed by atoms with E-state index < -0.39 is 0 Å². The maximum atomic E-state index is 14.0. The van der Waals surface area contributed by atoms with E-state index in [4.69, 9.17) is 5.73 Å². The molecule has 20 heavy (non-hydrogen) atoms. The zero-order valence-corrected chi connectivity index (χ0v) is 11.6. The molecule has 1 aliphatic rings. The highest BCUT2D eigenvalue weighted by Gasteiger charge is 2.40. The Hall–Kier alpha value is -1.87. The van der Waals surface area contributed by atoms with E-state index >= 15 is 0 Å². The van der Waals surface area contributed by atoms with Crippen molar-refractivity contribution in [1.29, 1.82) is 0 Å². The van der Waals surface area contributed by atoms with Gasteiger partial charge in [0.05, 0.1) is 11.2 Å². The van der Waals surface area contributed by atoms with Crippen molar-refractivity contribution in [2.24, 2.45) is 5.73 Å². The first kappa shape index (κ1) is 13.1. The number of halogens is 1. The van der Waals surface area contributed by atoms with Gasteiger partial charge in [-0.25, -0.2) is 4.39 Å². The van der Waals surface area contributed by atoms with Crippen molar-refractivity contribution in [3.8, 4) is 0 Å². The Morgan fingerprint density at radius 1 is 1.05 bits per heavy atom. The molecule has 2 aromatic rings. The number of hydrogen-bond donors (Lipinski definition) is 1. The number of benzene rings is 2. The maximum Gasteiger partial charge on any atom is 0.146 e. The number of fused-ring (bicyclic) bond motifs is 1. The van der Waals surface area contributed by atoms with Gasteiger partial charge in [0.25, 0.3) is 0 Å². The van der Waals surface area contributed by atoms with Gasteiger partial charge in [-0.05, 0) is 36.1 Å². The van der Waals surface area contributed by atoms with E-state index in [2.05, 4.69) is 24.3 Å². The second-order valence-corrected chi connectivity index (χ2v) is 5.56. The summed E-state index contributed by atoms with van der Waals surface area (Å²) in [5.41, 5.74) is 9.10. The lowest BCUT2D eigenvalue weighted by atomic mass is 9.93. The third-order valence-electron chi connectivity index (χ3n) is 4.46. The molecule has 0 amide bonds. The van der Waals surface area contributed by atoms with E-state index in [1.165, 1.54) is 17.2 Å². The zero-order valence-electron chi connectivity index (χ0n) is 11.6. The molecule has 2 aromatic carbocycles. The van der Waals surface area contributed by atoms with E-state index in [1.807, 2.05) is 24.1 Å². The average Bonchev–Trinajstić information content (AvgIpc) is 2.87. The number of rotatable bonds is 3. The molecule has 2 nitrogen and oxygen atoms in total. The number of likely N-dealkylation sites (N-methyl/N-ethyl adjacent to an activating group) is 1. The number of hydrogen-bond acceptors (Lipinski definition) is 2. The van der Waals surface area contributed by atoms with Crippen LogP contribution in [-0.2, 0) is 12.8 Å². The van der Waals surface area contributed by atoms with Gasteiger partial charge >= 0.3 is 0 Å². The van der Waals surface area contributed by atoms with E-state index in [9.17, 15) is 4.39 Å². The first-order valence-electron chi connectivity index (χ1n) is 6.91. The van der Waals surface area contributed by atoms with Gasteiger partial charge < -0.3 is 10.6 Å². The summed E-state index contributed by atoms with van der Waals surface area (Å²) in [6.07, 6.45) is 1.73. The Morgan fingerprint density at radius 3 is 2.15 bits per heavy atom. The minimum atomic E-state index is -0.230. The van der Waals surface area contributed by atoms with Gasteiger partial charge in [0.2, 0.25) is 0 Å². The quantitative estimate of drug-likeness (QED) is 0.929. The molecule has 0 bridgehead atoms. The number of anilines is 1. The summed E-state index contributed by atoms with van der Waals surface area (Å²) in [5, 5.41) is 0. The normalized spacial score (nSPS) is 15.9. The molecule has 3 heteroatoms. The standard InChI is InChI=1S/C17H19FN2/c1-20(16-9-5-4-8-15(16)18)17(12-19)10-13-6-2-3-7-14(13)11-17/h2-9H,10-12,19H2,1H3. The van der Waals surface area contributed by atoms with E-state index in [0.717, 1.165) is 12.8 Å². The molecule has 0 saturated heterocycles. The SMILES string of the molecule is CN(c1ccccc1F)C1(CN)Cc2ccccc2C1. The zero-order chi connectivity index (χ0) is 14.2. The second-order valence-electron chi connectivity index (χ2n) is 5.56. The van der Waals surface area contributed by atoms with Crippen molar-refractivity contribution in [2.45, 2.75) is 18.4 Å². The minimum absolute atomic E-state index is 0.196. The largest absolute Gasteiger partial charge is 0.365 e. The van der Waals surface area contributed by atoms with E-state index in [0.29, 0.717) is 12.2 Å². The first-order chi connectivity index (χ1) is 9.66. The highest BCUT2D eigenvalue weighted by Crippen LogP contribution is 2.36. The van der Waals surface area contributed by atoms with Crippen molar-refractivity contribution >= 4 is 5.69 Å². The Morgan fingerprint density at radius 2 is 1.60 bits per heavy atom. The van der Waals surface area contributed by atoms with Gasteiger partial charge in [-0.1, -0.05) is 36.4 Å². The van der Waals surface area contributed by atoms with Crippen LogP contribution in [0.15, 0.2) is 48.5 Å². The summed E-state index contributed by atoms with van der Waals surface area (Å²) in [6, 6.07) is 15.3. The molecule has 0 aliphatic heterocycles. The molecule has 104 valence electrons. The van der Waals surface area contributed by atoms with Crippen molar-refractivity contribution in [3.63, 3.8) is 0 Å². The van der Waals surface area contributed by atoms with E-state index in [1.54, 1.807) is 6.07 Å². The van der Waals surface area contributed by atoms with Crippen LogP contribution in [0.4, 0.5) is 10.1 Å². The molecule has 0 heterocycles. The Kier molecular flexibility index (Phi) is 3.22. The third-order valence-corrected chi connectivity index (χ3v) is 4.46. The summed E-state index contributed by atoms with van der Waals surface area (Å²) in [6.45, 7) is 0.506. The average molecular weight is 270 g/mol. The van der Waals surface area contributed by atoms with Crippen LogP contribution in [0.1, 0.15) is 11.1 Å². The van der Waals surface area contributed by atoms with Gasteiger partial charge in [0, 0.05) is 13.6 Å². The van der Waals surface area contributed by atoms with Gasteiger partial charge in [-0.2, -0.15) is 0 Å². The Labute approximate surface area is 119 Å². The van der Waals surface area contributed by atoms with E-state index in [-0.39, 0.29) is 11.4 Å². The smallest absolute Gasteiger partial charge is 0.146 e. The second kappa shape index (κ2) is 4.91. The highest BCUT2D eigenvalue weighted by molar-refractivity contribution is 5.53. The Bertz CT molecular complexity index is 599. The number of nitrogens with two attached hydrogens (primary N) is 1. The highest BCUT2D eigenvalue weighted by atomic mass is 19.1. The lowest BCUT2D eigenvalue weighted by molar-refractivity contribution is 0.428. The van der Waals surface area contributed by atoms with Crippen molar-refractivity contribution < 1.29 is 4.39 Å². The molecule has 3 rings (SSSR count). The molecule has 2 N–H and O–H groups in total. The molecule has 0 saturated carbocycles. The summed E-state index contributed by atoms with van der Waals surface area (Å²) in [5.74, 6) is -0.196. The lowest BCUT2D eigenvalue weighted by Gasteiger charge is -2.39. The van der Waals surface area contributed by atoms with Crippen LogP contribution in [0.3, 0.4) is 0 Å². The van der Waals surface area contributed by atoms with Crippen LogP contribution in [0, 0.1) is 5.82 Å². The summed E-state index contributed by atoms with van der Waals surface area (Å²) in [4.78, 5) is 2.02. The molecule has 0 unspecified atom stereocenters. The maximum absolute atomic E-state index is 14.0. The van der Waals surface area contributed by atoms with Crippen LogP contribution in [0.2, 0.25) is 0 Å². The molecule has 0 fully saturated rings. The van der Waals surface area contributed by atoms with Crippen LogP contribution in [-0.4, -0.2) is 19.1 Å². The molecule has 0 spiro atoms. The van der Waals surface area contributed by atoms with Crippen LogP contribution in [0.25, 0.3) is 0 Å².